The Kier molecular flexibility index (Phi) is 2.39. The molecule has 1 aromatic rings. The van der Waals surface area contributed by atoms with Crippen LogP contribution < -0.4 is 5.73 Å². The molecule has 2 amide bonds. The number of nitrogens with two attached hydrogens (primary N) is 1. The van der Waals surface area contributed by atoms with Crippen LogP contribution in [-0.2, 0) is 6.54 Å². The molecule has 0 aromatic heterocycles. The number of benzene rings is 1. The van der Waals surface area contributed by atoms with Gasteiger partial charge in [-0.2, -0.15) is 0 Å². The fraction of sp³-hybridized carbons (Fsp3) is 0.364. The molecule has 0 atom stereocenters. The van der Waals surface area contributed by atoms with Crippen molar-refractivity contribution in [1.29, 1.82) is 0 Å². The molecule has 0 spiro atoms. The topological polar surface area (TPSA) is 46.3 Å². The van der Waals surface area contributed by atoms with E-state index in [1.165, 1.54) is 0 Å². The first-order valence-corrected chi connectivity index (χ1v) is 4.87. The monoisotopic (exact) mass is 190 g/mol. The third-order valence-electron chi connectivity index (χ3n) is 2.47. The lowest BCUT2D eigenvalue weighted by Gasteiger charge is -2.19. The Hall–Kier alpha value is -1.51. The average molecular weight is 190 g/mol. The minimum atomic E-state index is -0.309. The first-order chi connectivity index (χ1) is 6.77. The van der Waals surface area contributed by atoms with E-state index in [9.17, 15) is 4.79 Å². The summed E-state index contributed by atoms with van der Waals surface area (Å²) in [6.45, 7) is 0.640. The zero-order valence-electron chi connectivity index (χ0n) is 8.02. The van der Waals surface area contributed by atoms with Crippen LogP contribution in [0.1, 0.15) is 18.4 Å². The summed E-state index contributed by atoms with van der Waals surface area (Å²) in [5.41, 5.74) is 6.45. The summed E-state index contributed by atoms with van der Waals surface area (Å²) < 4.78 is 0. The maximum atomic E-state index is 11.1. The third kappa shape index (κ3) is 2.05. The SMILES string of the molecule is NC(=O)N(Cc1ccccc1)C1CC1. The van der Waals surface area contributed by atoms with Gasteiger partial charge in [0, 0.05) is 12.6 Å². The highest BCUT2D eigenvalue weighted by Crippen LogP contribution is 2.27. The van der Waals surface area contributed by atoms with E-state index < -0.39 is 0 Å². The van der Waals surface area contributed by atoms with Crippen LogP contribution in [-0.4, -0.2) is 17.0 Å². The number of urea groups is 1. The smallest absolute Gasteiger partial charge is 0.315 e. The second-order valence-electron chi connectivity index (χ2n) is 3.68. The molecule has 1 aliphatic rings. The first-order valence-electron chi connectivity index (χ1n) is 4.87. The summed E-state index contributed by atoms with van der Waals surface area (Å²) in [4.78, 5) is 12.9. The van der Waals surface area contributed by atoms with Crippen LogP contribution in [0.5, 0.6) is 0 Å². The van der Waals surface area contributed by atoms with Crippen LogP contribution >= 0.6 is 0 Å². The van der Waals surface area contributed by atoms with Crippen molar-refractivity contribution in [2.75, 3.05) is 0 Å². The van der Waals surface area contributed by atoms with Crippen molar-refractivity contribution >= 4 is 6.03 Å². The van der Waals surface area contributed by atoms with Crippen LogP contribution in [0.15, 0.2) is 30.3 Å². The van der Waals surface area contributed by atoms with Gasteiger partial charge in [-0.15, -0.1) is 0 Å². The van der Waals surface area contributed by atoms with Crippen molar-refractivity contribution in [3.05, 3.63) is 35.9 Å². The Morgan fingerprint density at radius 3 is 2.50 bits per heavy atom. The summed E-state index contributed by atoms with van der Waals surface area (Å²) in [6.07, 6.45) is 2.19. The molecule has 0 unspecified atom stereocenters. The molecular weight excluding hydrogens is 176 g/mol. The van der Waals surface area contributed by atoms with Crippen LogP contribution in [0.2, 0.25) is 0 Å². The van der Waals surface area contributed by atoms with Gasteiger partial charge in [0.25, 0.3) is 0 Å². The molecule has 0 aliphatic heterocycles. The minimum absolute atomic E-state index is 0.309. The van der Waals surface area contributed by atoms with Gasteiger partial charge < -0.3 is 10.6 Å². The number of carbonyl (C=O) groups is 1. The summed E-state index contributed by atoms with van der Waals surface area (Å²) in [7, 11) is 0. The van der Waals surface area contributed by atoms with Crippen LogP contribution in [0.4, 0.5) is 4.79 Å². The lowest BCUT2D eigenvalue weighted by molar-refractivity contribution is 0.202. The van der Waals surface area contributed by atoms with Gasteiger partial charge >= 0.3 is 6.03 Å². The molecule has 0 saturated heterocycles. The van der Waals surface area contributed by atoms with Crippen molar-refractivity contribution in [3.63, 3.8) is 0 Å². The number of hydrogen-bond donors (Lipinski definition) is 1. The van der Waals surface area contributed by atoms with Crippen LogP contribution in [0.25, 0.3) is 0 Å². The van der Waals surface area contributed by atoms with E-state index in [2.05, 4.69) is 0 Å². The second-order valence-corrected chi connectivity index (χ2v) is 3.68. The van der Waals surface area contributed by atoms with Crippen molar-refractivity contribution < 1.29 is 4.79 Å². The number of rotatable bonds is 3. The Bertz CT molecular complexity index is 319. The standard InChI is InChI=1S/C11H14N2O/c12-11(14)13(10-6-7-10)8-9-4-2-1-3-5-9/h1-5,10H,6-8H2,(H2,12,14). The van der Waals surface area contributed by atoms with E-state index in [1.54, 1.807) is 4.90 Å². The van der Waals surface area contributed by atoms with Crippen molar-refractivity contribution in [2.24, 2.45) is 5.73 Å². The molecule has 0 radical (unpaired) electrons. The van der Waals surface area contributed by atoms with E-state index in [0.29, 0.717) is 12.6 Å². The number of amides is 2. The van der Waals surface area contributed by atoms with Gasteiger partial charge in [-0.3, -0.25) is 0 Å². The van der Waals surface area contributed by atoms with Gasteiger partial charge in [0.15, 0.2) is 0 Å². The Balaban J connectivity index is 2.04. The molecule has 14 heavy (non-hydrogen) atoms. The molecule has 1 fully saturated rings. The molecule has 2 rings (SSSR count). The lowest BCUT2D eigenvalue weighted by atomic mass is 10.2. The quantitative estimate of drug-likeness (QED) is 0.775. The first kappa shape index (κ1) is 9.06. The van der Waals surface area contributed by atoms with Crippen molar-refractivity contribution in [1.82, 2.24) is 4.90 Å². The predicted octanol–water partition coefficient (Wildman–Crippen LogP) is 1.73. The van der Waals surface area contributed by atoms with Gasteiger partial charge in [-0.05, 0) is 18.4 Å². The van der Waals surface area contributed by atoms with E-state index in [0.717, 1.165) is 18.4 Å². The van der Waals surface area contributed by atoms with Crippen LogP contribution in [0.3, 0.4) is 0 Å². The maximum absolute atomic E-state index is 11.1. The van der Waals surface area contributed by atoms with E-state index in [-0.39, 0.29) is 6.03 Å². The summed E-state index contributed by atoms with van der Waals surface area (Å²) in [6, 6.07) is 10.0. The highest BCUT2D eigenvalue weighted by molar-refractivity contribution is 5.72. The highest BCUT2D eigenvalue weighted by atomic mass is 16.2. The summed E-state index contributed by atoms with van der Waals surface area (Å²) in [5, 5.41) is 0. The zero-order chi connectivity index (χ0) is 9.97. The third-order valence-corrected chi connectivity index (χ3v) is 2.47. The largest absolute Gasteiger partial charge is 0.351 e. The summed E-state index contributed by atoms with van der Waals surface area (Å²) in [5.74, 6) is 0. The molecular formula is C11H14N2O. The van der Waals surface area contributed by atoms with Crippen molar-refractivity contribution in [3.8, 4) is 0 Å². The Morgan fingerprint density at radius 1 is 1.36 bits per heavy atom. The summed E-state index contributed by atoms with van der Waals surface area (Å²) >= 11 is 0. The molecule has 3 heteroatoms. The Morgan fingerprint density at radius 2 is 2.00 bits per heavy atom. The molecule has 1 aromatic carbocycles. The molecule has 3 nitrogen and oxygen atoms in total. The van der Waals surface area contributed by atoms with Gasteiger partial charge in [0.05, 0.1) is 0 Å². The highest BCUT2D eigenvalue weighted by Gasteiger charge is 2.31. The van der Waals surface area contributed by atoms with E-state index in [1.807, 2.05) is 30.3 Å². The Labute approximate surface area is 83.5 Å². The van der Waals surface area contributed by atoms with Crippen LogP contribution in [0, 0.1) is 0 Å². The number of primary amides is 1. The van der Waals surface area contributed by atoms with Gasteiger partial charge in [0.2, 0.25) is 0 Å². The zero-order valence-corrected chi connectivity index (χ0v) is 8.02. The molecule has 1 saturated carbocycles. The normalized spacial score (nSPS) is 15.1. The van der Waals surface area contributed by atoms with Gasteiger partial charge in [-0.1, -0.05) is 30.3 Å². The minimum Gasteiger partial charge on any atom is -0.351 e. The maximum Gasteiger partial charge on any atom is 0.315 e. The van der Waals surface area contributed by atoms with Gasteiger partial charge in [0.1, 0.15) is 0 Å². The van der Waals surface area contributed by atoms with E-state index in [4.69, 9.17) is 5.73 Å². The lowest BCUT2D eigenvalue weighted by Crippen LogP contribution is -2.36. The second kappa shape index (κ2) is 3.70. The fourth-order valence-corrected chi connectivity index (χ4v) is 1.55. The molecule has 0 heterocycles. The number of carbonyl (C=O) groups excluding carboxylic acids is 1. The average Bonchev–Trinajstić information content (AvgIpc) is 2.99. The molecule has 2 N–H and O–H groups in total. The number of nitrogens with zero attached hydrogens (tertiary/aromatic N) is 1. The molecule has 74 valence electrons. The predicted molar refractivity (Wildman–Crippen MR) is 54.6 cm³/mol. The number of hydrogen-bond acceptors (Lipinski definition) is 1. The molecule has 1 aliphatic carbocycles. The fourth-order valence-electron chi connectivity index (χ4n) is 1.55. The van der Waals surface area contributed by atoms with Crippen molar-refractivity contribution in [2.45, 2.75) is 25.4 Å². The van der Waals surface area contributed by atoms with Gasteiger partial charge in [-0.25, -0.2) is 4.79 Å². The molecule has 0 bridgehead atoms. The van der Waals surface area contributed by atoms with E-state index >= 15 is 0 Å².